The highest BCUT2D eigenvalue weighted by Gasteiger charge is 2.12. The van der Waals surface area contributed by atoms with Gasteiger partial charge in [-0.3, -0.25) is 0 Å². The van der Waals surface area contributed by atoms with Crippen LogP contribution in [-0.2, 0) is 6.61 Å². The third-order valence-electron chi connectivity index (χ3n) is 2.57. The van der Waals surface area contributed by atoms with Crippen molar-refractivity contribution in [2.45, 2.75) is 20.5 Å². The van der Waals surface area contributed by atoms with Crippen LogP contribution in [0, 0.1) is 18.6 Å². The summed E-state index contributed by atoms with van der Waals surface area (Å²) in [7, 11) is 0. The van der Waals surface area contributed by atoms with E-state index in [0.29, 0.717) is 11.6 Å². The third kappa shape index (κ3) is 4.10. The fourth-order valence-corrected chi connectivity index (χ4v) is 2.29. The summed E-state index contributed by atoms with van der Waals surface area (Å²) in [4.78, 5) is 8.48. The average molecular weight is 358 g/mol. The molecular weight excluding hydrogens is 344 g/mol. The second-order valence-corrected chi connectivity index (χ2v) is 5.18. The standard InChI is InChI=1S/C14H14BrF2N3O/c1-3-18-12-4-8(2)19-13(20-12)7-21-14-10(15)5-9(16)6-11(14)17/h4-6H,3,7H2,1-2H3,(H,18,19,20). The lowest BCUT2D eigenvalue weighted by Gasteiger charge is -2.10. The number of hydrogen-bond acceptors (Lipinski definition) is 4. The zero-order valence-corrected chi connectivity index (χ0v) is 13.2. The first-order valence-corrected chi connectivity index (χ1v) is 7.14. The van der Waals surface area contributed by atoms with Crippen molar-refractivity contribution in [1.82, 2.24) is 9.97 Å². The number of ether oxygens (including phenoxy) is 1. The predicted octanol–water partition coefficient (Wildman–Crippen LogP) is 3.84. The van der Waals surface area contributed by atoms with Crippen molar-refractivity contribution in [3.63, 3.8) is 0 Å². The Morgan fingerprint density at radius 2 is 2.00 bits per heavy atom. The first kappa shape index (κ1) is 15.6. The lowest BCUT2D eigenvalue weighted by molar-refractivity contribution is 0.278. The lowest BCUT2D eigenvalue weighted by atomic mass is 10.3. The molecule has 0 aliphatic heterocycles. The molecule has 0 fully saturated rings. The monoisotopic (exact) mass is 357 g/mol. The number of nitrogens with one attached hydrogen (secondary N) is 1. The first-order chi connectivity index (χ1) is 9.99. The van der Waals surface area contributed by atoms with Gasteiger partial charge < -0.3 is 10.1 Å². The molecule has 1 aromatic carbocycles. The summed E-state index contributed by atoms with van der Waals surface area (Å²) in [5.41, 5.74) is 0.776. The van der Waals surface area contributed by atoms with E-state index in [-0.39, 0.29) is 16.8 Å². The molecule has 1 N–H and O–H groups in total. The molecule has 0 aliphatic carbocycles. The molecule has 0 saturated heterocycles. The van der Waals surface area contributed by atoms with Gasteiger partial charge in [-0.1, -0.05) is 0 Å². The SMILES string of the molecule is CCNc1cc(C)nc(COc2c(F)cc(F)cc2Br)n1. The van der Waals surface area contributed by atoms with Crippen LogP contribution < -0.4 is 10.1 Å². The van der Waals surface area contributed by atoms with E-state index in [4.69, 9.17) is 4.74 Å². The van der Waals surface area contributed by atoms with Crippen molar-refractivity contribution in [3.8, 4) is 5.75 Å². The van der Waals surface area contributed by atoms with Gasteiger partial charge in [0.15, 0.2) is 17.4 Å². The minimum absolute atomic E-state index is 0.0127. The van der Waals surface area contributed by atoms with Crippen LogP contribution in [0.3, 0.4) is 0 Å². The smallest absolute Gasteiger partial charge is 0.169 e. The molecule has 0 spiro atoms. The Bertz CT molecular complexity index is 629. The predicted molar refractivity (Wildman–Crippen MR) is 79.3 cm³/mol. The van der Waals surface area contributed by atoms with Crippen LogP contribution in [0.4, 0.5) is 14.6 Å². The van der Waals surface area contributed by atoms with E-state index in [2.05, 4.69) is 31.2 Å². The second-order valence-electron chi connectivity index (χ2n) is 4.33. The van der Waals surface area contributed by atoms with Crippen LogP contribution >= 0.6 is 15.9 Å². The van der Waals surface area contributed by atoms with Crippen LogP contribution in [0.1, 0.15) is 18.4 Å². The van der Waals surface area contributed by atoms with E-state index >= 15 is 0 Å². The van der Waals surface area contributed by atoms with Crippen LogP contribution in [0.5, 0.6) is 5.75 Å². The molecule has 0 aliphatic rings. The Kier molecular flexibility index (Phi) is 5.06. The second kappa shape index (κ2) is 6.80. The molecule has 0 radical (unpaired) electrons. The summed E-state index contributed by atoms with van der Waals surface area (Å²) in [6.45, 7) is 4.51. The Morgan fingerprint density at radius 1 is 1.24 bits per heavy atom. The molecule has 4 nitrogen and oxygen atoms in total. The average Bonchev–Trinajstić information content (AvgIpc) is 2.37. The van der Waals surface area contributed by atoms with Gasteiger partial charge in [-0.15, -0.1) is 0 Å². The van der Waals surface area contributed by atoms with E-state index in [1.54, 1.807) is 6.07 Å². The van der Waals surface area contributed by atoms with Crippen molar-refractivity contribution in [2.24, 2.45) is 0 Å². The first-order valence-electron chi connectivity index (χ1n) is 6.35. The van der Waals surface area contributed by atoms with Gasteiger partial charge in [0, 0.05) is 24.4 Å². The molecule has 7 heteroatoms. The normalized spacial score (nSPS) is 10.5. The minimum atomic E-state index is -0.776. The molecule has 112 valence electrons. The fourth-order valence-electron chi connectivity index (χ4n) is 1.77. The zero-order valence-electron chi connectivity index (χ0n) is 11.6. The highest BCUT2D eigenvalue weighted by molar-refractivity contribution is 9.10. The Morgan fingerprint density at radius 3 is 2.67 bits per heavy atom. The summed E-state index contributed by atoms with van der Waals surface area (Å²) in [6.07, 6.45) is 0. The Hall–Kier alpha value is -1.76. The number of nitrogens with zero attached hydrogens (tertiary/aromatic N) is 2. The van der Waals surface area contributed by atoms with Gasteiger partial charge in [-0.25, -0.2) is 18.7 Å². The molecule has 21 heavy (non-hydrogen) atoms. The van der Waals surface area contributed by atoms with E-state index in [1.165, 1.54) is 0 Å². The number of aryl methyl sites for hydroxylation is 1. The summed E-state index contributed by atoms with van der Waals surface area (Å²) >= 11 is 3.07. The van der Waals surface area contributed by atoms with Gasteiger partial charge in [0.05, 0.1) is 4.47 Å². The molecule has 1 heterocycles. The number of hydrogen-bond donors (Lipinski definition) is 1. The summed E-state index contributed by atoms with van der Waals surface area (Å²) in [6, 6.07) is 3.71. The molecule has 2 rings (SSSR count). The van der Waals surface area contributed by atoms with Gasteiger partial charge in [0.25, 0.3) is 0 Å². The highest BCUT2D eigenvalue weighted by atomic mass is 79.9. The molecule has 1 aromatic heterocycles. The molecule has 0 amide bonds. The maximum absolute atomic E-state index is 13.6. The van der Waals surface area contributed by atoms with Crippen LogP contribution in [0.15, 0.2) is 22.7 Å². The van der Waals surface area contributed by atoms with E-state index < -0.39 is 11.6 Å². The number of rotatable bonds is 5. The minimum Gasteiger partial charge on any atom is -0.481 e. The molecule has 0 atom stereocenters. The topological polar surface area (TPSA) is 47.0 Å². The maximum atomic E-state index is 13.6. The highest BCUT2D eigenvalue weighted by Crippen LogP contribution is 2.29. The van der Waals surface area contributed by atoms with Gasteiger partial charge in [-0.2, -0.15) is 0 Å². The summed E-state index contributed by atoms with van der Waals surface area (Å²) in [5.74, 6) is -0.412. The van der Waals surface area contributed by atoms with Crippen molar-refractivity contribution >= 4 is 21.7 Å². The Balaban J connectivity index is 2.17. The largest absolute Gasteiger partial charge is 0.481 e. The lowest BCUT2D eigenvalue weighted by Crippen LogP contribution is -2.08. The van der Waals surface area contributed by atoms with Crippen molar-refractivity contribution in [1.29, 1.82) is 0 Å². The molecule has 0 unspecified atom stereocenters. The quantitative estimate of drug-likeness (QED) is 0.883. The maximum Gasteiger partial charge on any atom is 0.169 e. The van der Waals surface area contributed by atoms with E-state index in [0.717, 1.165) is 24.4 Å². The molecule has 0 bridgehead atoms. The number of aromatic nitrogens is 2. The van der Waals surface area contributed by atoms with Gasteiger partial charge in [-0.05, 0) is 35.8 Å². The molecule has 2 aromatic rings. The molecule has 0 saturated carbocycles. The summed E-state index contributed by atoms with van der Waals surface area (Å²) < 4.78 is 32.2. The zero-order chi connectivity index (χ0) is 15.4. The van der Waals surface area contributed by atoms with Crippen molar-refractivity contribution in [2.75, 3.05) is 11.9 Å². The van der Waals surface area contributed by atoms with Crippen molar-refractivity contribution in [3.05, 3.63) is 45.8 Å². The van der Waals surface area contributed by atoms with Crippen LogP contribution in [-0.4, -0.2) is 16.5 Å². The Labute approximate surface area is 129 Å². The van der Waals surface area contributed by atoms with Crippen LogP contribution in [0.2, 0.25) is 0 Å². The van der Waals surface area contributed by atoms with Gasteiger partial charge >= 0.3 is 0 Å². The van der Waals surface area contributed by atoms with Gasteiger partial charge in [0.1, 0.15) is 18.2 Å². The van der Waals surface area contributed by atoms with Crippen LogP contribution in [0.25, 0.3) is 0 Å². The third-order valence-corrected chi connectivity index (χ3v) is 3.16. The summed E-state index contributed by atoms with van der Waals surface area (Å²) in [5, 5.41) is 3.08. The number of halogens is 3. The van der Waals surface area contributed by atoms with Crippen molar-refractivity contribution < 1.29 is 13.5 Å². The number of benzene rings is 1. The number of anilines is 1. The molecular formula is C14H14BrF2N3O. The fraction of sp³-hybridized carbons (Fsp3) is 0.286. The van der Waals surface area contributed by atoms with E-state index in [1.807, 2.05) is 13.8 Å². The van der Waals surface area contributed by atoms with E-state index in [9.17, 15) is 8.78 Å². The van der Waals surface area contributed by atoms with Gasteiger partial charge in [0.2, 0.25) is 0 Å².